The topological polar surface area (TPSA) is 20.3 Å². The molecule has 0 atom stereocenters. The Morgan fingerprint density at radius 2 is 2.00 bits per heavy atom. The number of carbonyl (C=O) groups is 1. The minimum atomic E-state index is 0.304. The molecule has 2 heteroatoms. The molecule has 0 aliphatic heterocycles. The van der Waals surface area contributed by atoms with E-state index in [-0.39, 0.29) is 0 Å². The lowest BCUT2D eigenvalue weighted by molar-refractivity contribution is -0.137. The van der Waals surface area contributed by atoms with Gasteiger partial charge < -0.3 is 4.90 Å². The molecule has 2 rings (SSSR count). The Labute approximate surface area is 90.9 Å². The number of carbonyl (C=O) groups excluding carboxylic acids is 1. The Bertz CT molecular complexity index is 330. The van der Waals surface area contributed by atoms with Crippen LogP contribution < -0.4 is 0 Å². The average molecular weight is 203 g/mol. The first-order chi connectivity index (χ1) is 7.27. The lowest BCUT2D eigenvalue weighted by Gasteiger charge is -2.29. The van der Waals surface area contributed by atoms with Crippen molar-refractivity contribution >= 4 is 5.91 Å². The van der Waals surface area contributed by atoms with E-state index in [0.717, 1.165) is 19.4 Å². The maximum absolute atomic E-state index is 11.9. The van der Waals surface area contributed by atoms with Crippen LogP contribution in [0.1, 0.15) is 24.8 Å². The Hall–Kier alpha value is -1.31. The lowest BCUT2D eigenvalue weighted by Crippen LogP contribution is -2.35. The highest BCUT2D eigenvalue weighted by atomic mass is 16.2. The molecule has 2 nitrogen and oxygen atoms in total. The van der Waals surface area contributed by atoms with Crippen LogP contribution in [0, 0.1) is 5.92 Å². The molecule has 0 bridgehead atoms. The first kappa shape index (κ1) is 10.2. The molecule has 80 valence electrons. The third-order valence-electron chi connectivity index (χ3n) is 3.09. The molecule has 1 aliphatic carbocycles. The van der Waals surface area contributed by atoms with Crippen LogP contribution >= 0.6 is 0 Å². The Kier molecular flexibility index (Phi) is 3.05. The maximum Gasteiger partial charge on any atom is 0.225 e. The predicted octanol–water partition coefficient (Wildman–Crippen LogP) is 2.45. The summed E-state index contributed by atoms with van der Waals surface area (Å²) >= 11 is 0. The van der Waals surface area contributed by atoms with E-state index in [1.54, 1.807) is 0 Å². The normalized spacial score (nSPS) is 15.8. The van der Waals surface area contributed by atoms with Gasteiger partial charge in [-0.15, -0.1) is 0 Å². The minimum Gasteiger partial charge on any atom is -0.341 e. The fourth-order valence-electron chi connectivity index (χ4n) is 1.90. The molecule has 1 saturated carbocycles. The molecule has 0 N–H and O–H groups in total. The van der Waals surface area contributed by atoms with Crippen molar-refractivity contribution in [2.75, 3.05) is 7.05 Å². The van der Waals surface area contributed by atoms with Crippen LogP contribution in [-0.2, 0) is 11.3 Å². The van der Waals surface area contributed by atoms with Crippen LogP contribution in [0.5, 0.6) is 0 Å². The van der Waals surface area contributed by atoms with Gasteiger partial charge in [0.25, 0.3) is 0 Å². The molecule has 1 fully saturated rings. The number of hydrogen-bond acceptors (Lipinski definition) is 1. The maximum atomic E-state index is 11.9. The second kappa shape index (κ2) is 4.47. The van der Waals surface area contributed by atoms with E-state index in [2.05, 4.69) is 12.1 Å². The number of rotatable bonds is 3. The highest BCUT2D eigenvalue weighted by Gasteiger charge is 2.27. The molecule has 0 heterocycles. The standard InChI is InChI=1S/C13H17NO/c1-14(13(15)12-8-5-9-12)10-11-6-3-2-4-7-11/h2-4,6-7,12H,5,8-10H2,1H3. The van der Waals surface area contributed by atoms with Gasteiger partial charge in [-0.1, -0.05) is 36.8 Å². The van der Waals surface area contributed by atoms with Crippen molar-refractivity contribution in [2.24, 2.45) is 5.92 Å². The first-order valence-electron chi connectivity index (χ1n) is 5.56. The van der Waals surface area contributed by atoms with Crippen molar-refractivity contribution in [1.29, 1.82) is 0 Å². The van der Waals surface area contributed by atoms with Gasteiger partial charge >= 0.3 is 0 Å². The Morgan fingerprint density at radius 1 is 1.33 bits per heavy atom. The van der Waals surface area contributed by atoms with Gasteiger partial charge in [0.05, 0.1) is 0 Å². The van der Waals surface area contributed by atoms with Gasteiger partial charge in [0.1, 0.15) is 0 Å². The summed E-state index contributed by atoms with van der Waals surface area (Å²) in [6.07, 6.45) is 3.38. The van der Waals surface area contributed by atoms with Gasteiger partial charge in [0.15, 0.2) is 0 Å². The van der Waals surface area contributed by atoms with Gasteiger partial charge in [0, 0.05) is 19.5 Å². The fourth-order valence-corrected chi connectivity index (χ4v) is 1.90. The molecule has 0 aromatic heterocycles. The van der Waals surface area contributed by atoms with Gasteiger partial charge in [-0.3, -0.25) is 4.79 Å². The van der Waals surface area contributed by atoms with E-state index < -0.39 is 0 Å². The zero-order chi connectivity index (χ0) is 10.7. The molecule has 1 aliphatic rings. The van der Waals surface area contributed by atoms with Crippen LogP contribution in [0.15, 0.2) is 30.3 Å². The van der Waals surface area contributed by atoms with Crippen LogP contribution in [0.25, 0.3) is 0 Å². The predicted molar refractivity (Wildman–Crippen MR) is 60.3 cm³/mol. The van der Waals surface area contributed by atoms with E-state index in [1.165, 1.54) is 12.0 Å². The fraction of sp³-hybridized carbons (Fsp3) is 0.462. The first-order valence-corrected chi connectivity index (χ1v) is 5.56. The van der Waals surface area contributed by atoms with E-state index in [9.17, 15) is 4.79 Å². The molecular weight excluding hydrogens is 186 g/mol. The number of hydrogen-bond donors (Lipinski definition) is 0. The summed E-state index contributed by atoms with van der Waals surface area (Å²) in [5.41, 5.74) is 1.20. The van der Waals surface area contributed by atoms with Crippen LogP contribution in [0.4, 0.5) is 0 Å². The van der Waals surface area contributed by atoms with Crippen LogP contribution in [-0.4, -0.2) is 17.9 Å². The number of amides is 1. The number of benzene rings is 1. The summed E-state index contributed by atoms with van der Waals surface area (Å²) < 4.78 is 0. The molecule has 15 heavy (non-hydrogen) atoms. The van der Waals surface area contributed by atoms with Crippen molar-refractivity contribution in [3.05, 3.63) is 35.9 Å². The molecule has 0 unspecified atom stereocenters. The van der Waals surface area contributed by atoms with Crippen molar-refractivity contribution in [1.82, 2.24) is 4.90 Å². The Balaban J connectivity index is 1.91. The van der Waals surface area contributed by atoms with E-state index in [1.807, 2.05) is 30.1 Å². The van der Waals surface area contributed by atoms with Crippen molar-refractivity contribution in [3.63, 3.8) is 0 Å². The monoisotopic (exact) mass is 203 g/mol. The highest BCUT2D eigenvalue weighted by Crippen LogP contribution is 2.28. The SMILES string of the molecule is CN(Cc1ccccc1)C(=O)C1CCC1. The molecule has 0 spiro atoms. The average Bonchev–Trinajstić information content (AvgIpc) is 2.16. The zero-order valence-corrected chi connectivity index (χ0v) is 9.15. The van der Waals surface area contributed by atoms with Gasteiger partial charge in [-0.2, -0.15) is 0 Å². The molecule has 1 aromatic rings. The van der Waals surface area contributed by atoms with Gasteiger partial charge in [0.2, 0.25) is 5.91 Å². The van der Waals surface area contributed by atoms with Crippen LogP contribution in [0.3, 0.4) is 0 Å². The lowest BCUT2D eigenvalue weighted by atomic mass is 9.84. The summed E-state index contributed by atoms with van der Waals surface area (Å²) in [4.78, 5) is 13.7. The van der Waals surface area contributed by atoms with Gasteiger partial charge in [-0.25, -0.2) is 0 Å². The largest absolute Gasteiger partial charge is 0.341 e. The molecule has 0 radical (unpaired) electrons. The smallest absolute Gasteiger partial charge is 0.225 e. The Morgan fingerprint density at radius 3 is 2.53 bits per heavy atom. The second-order valence-electron chi connectivity index (χ2n) is 4.31. The molecule has 0 saturated heterocycles. The highest BCUT2D eigenvalue weighted by molar-refractivity contribution is 5.79. The minimum absolute atomic E-state index is 0.304. The summed E-state index contributed by atoms with van der Waals surface area (Å²) in [5, 5.41) is 0. The summed E-state index contributed by atoms with van der Waals surface area (Å²) in [6.45, 7) is 0.732. The number of nitrogens with zero attached hydrogens (tertiary/aromatic N) is 1. The van der Waals surface area contributed by atoms with E-state index in [4.69, 9.17) is 0 Å². The van der Waals surface area contributed by atoms with Gasteiger partial charge in [-0.05, 0) is 18.4 Å². The summed E-state index contributed by atoms with van der Waals surface area (Å²) in [7, 11) is 1.90. The van der Waals surface area contributed by atoms with Crippen molar-refractivity contribution in [2.45, 2.75) is 25.8 Å². The zero-order valence-electron chi connectivity index (χ0n) is 9.15. The molecular formula is C13H17NO. The molecule has 1 amide bonds. The quantitative estimate of drug-likeness (QED) is 0.739. The van der Waals surface area contributed by atoms with E-state index in [0.29, 0.717) is 11.8 Å². The summed E-state index contributed by atoms with van der Waals surface area (Å²) in [5.74, 6) is 0.615. The third-order valence-corrected chi connectivity index (χ3v) is 3.09. The molecule has 1 aromatic carbocycles. The summed E-state index contributed by atoms with van der Waals surface area (Å²) in [6, 6.07) is 10.1. The van der Waals surface area contributed by atoms with Crippen molar-refractivity contribution < 1.29 is 4.79 Å². The van der Waals surface area contributed by atoms with E-state index >= 15 is 0 Å². The second-order valence-corrected chi connectivity index (χ2v) is 4.31. The van der Waals surface area contributed by atoms with Crippen LogP contribution in [0.2, 0.25) is 0 Å². The third kappa shape index (κ3) is 2.38. The van der Waals surface area contributed by atoms with Crippen molar-refractivity contribution in [3.8, 4) is 0 Å².